The van der Waals surface area contributed by atoms with E-state index in [1.165, 1.54) is 29.9 Å². The van der Waals surface area contributed by atoms with Crippen LogP contribution in [-0.2, 0) is 24.6 Å². The third-order valence-electron chi connectivity index (χ3n) is 3.62. The predicted octanol–water partition coefficient (Wildman–Crippen LogP) is -1.81. The van der Waals surface area contributed by atoms with Gasteiger partial charge in [-0.2, -0.15) is 0 Å². The van der Waals surface area contributed by atoms with Gasteiger partial charge in [0.1, 0.15) is 0 Å². The molecule has 1 N–H and O–H groups in total. The second kappa shape index (κ2) is 7.23. The first-order valence-corrected chi connectivity index (χ1v) is 8.49. The van der Waals surface area contributed by atoms with E-state index in [-0.39, 0.29) is 49.4 Å². The summed E-state index contributed by atoms with van der Waals surface area (Å²) in [4.78, 5) is 3.66. The van der Waals surface area contributed by atoms with Gasteiger partial charge in [0.2, 0.25) is 0 Å². The Kier molecular flexibility index (Phi) is 6.35. The number of nitrogens with one attached hydrogen (secondary N) is 1. The molecule has 0 aliphatic heterocycles. The molecule has 0 amide bonds. The van der Waals surface area contributed by atoms with Gasteiger partial charge in [-0.3, -0.25) is 0 Å². The molecule has 22 heavy (non-hydrogen) atoms. The van der Waals surface area contributed by atoms with Crippen molar-refractivity contribution in [2.24, 2.45) is 0 Å². The standard InChI is InChI=1S/C12H14N.C6H5.2ClH.Ti/c1-12(2,3)10-8-13-11-7-5-4-6-9(10)11;1-6-4-2-3-5-6;;;/h4-7,13H,1-3H3;2-4H,1H2;2*1H;/q;;;;+2/p-2. The Morgan fingerprint density at radius 1 is 1.09 bits per heavy atom. The van der Waals surface area contributed by atoms with Crippen LogP contribution in [0.15, 0.2) is 58.5 Å². The Morgan fingerprint density at radius 3 is 2.36 bits per heavy atom. The number of para-hydroxylation sites is 1. The maximum absolute atomic E-state index is 4.14. The molecule has 0 saturated heterocycles. The fourth-order valence-corrected chi connectivity index (χ4v) is 5.11. The summed E-state index contributed by atoms with van der Waals surface area (Å²) in [5.74, 6) is 0. The van der Waals surface area contributed by atoms with Crippen molar-refractivity contribution in [2.75, 3.05) is 0 Å². The van der Waals surface area contributed by atoms with Gasteiger partial charge in [-0.25, -0.2) is 0 Å². The average Bonchev–Trinajstić information content (AvgIpc) is 2.92. The van der Waals surface area contributed by atoms with Crippen molar-refractivity contribution >= 4 is 14.9 Å². The van der Waals surface area contributed by atoms with E-state index in [4.69, 9.17) is 0 Å². The molecule has 1 aromatic heterocycles. The normalized spacial score (nSPS) is 13.4. The molecule has 0 radical (unpaired) electrons. The second-order valence-electron chi connectivity index (χ2n) is 6.26. The summed E-state index contributed by atoms with van der Waals surface area (Å²) in [6.45, 7) is 11.0. The first kappa shape index (κ1) is 19.3. The smallest absolute Gasteiger partial charge is 1.00 e. The molecule has 1 aliphatic carbocycles. The van der Waals surface area contributed by atoms with Gasteiger partial charge in [0.25, 0.3) is 0 Å². The summed E-state index contributed by atoms with van der Waals surface area (Å²) < 4.78 is 2.87. The van der Waals surface area contributed by atoms with Crippen LogP contribution in [0.3, 0.4) is 0 Å². The predicted molar refractivity (Wildman–Crippen MR) is 83.0 cm³/mol. The second-order valence-corrected chi connectivity index (χ2v) is 8.27. The van der Waals surface area contributed by atoms with Crippen LogP contribution in [0.2, 0.25) is 0 Å². The van der Waals surface area contributed by atoms with E-state index in [0.717, 1.165) is 0 Å². The van der Waals surface area contributed by atoms with Crippen LogP contribution in [0.5, 0.6) is 0 Å². The van der Waals surface area contributed by atoms with Crippen LogP contribution < -0.4 is 28.8 Å². The van der Waals surface area contributed by atoms with Crippen molar-refractivity contribution in [2.45, 2.75) is 26.2 Å². The molecule has 0 bridgehead atoms. The molecular formula is C18H19Cl2NTi. The number of halogens is 2. The molecule has 0 atom stereocenters. The van der Waals surface area contributed by atoms with Crippen molar-refractivity contribution in [3.05, 3.63) is 64.1 Å². The van der Waals surface area contributed by atoms with E-state index in [2.05, 4.69) is 74.8 Å². The molecule has 2 aromatic rings. The van der Waals surface area contributed by atoms with Crippen LogP contribution in [0.4, 0.5) is 0 Å². The average molecular weight is 368 g/mol. The Balaban J connectivity index is 0.00000121. The molecule has 1 aromatic carbocycles. The van der Waals surface area contributed by atoms with Gasteiger partial charge in [0, 0.05) is 0 Å². The van der Waals surface area contributed by atoms with Gasteiger partial charge in [0.15, 0.2) is 0 Å². The SMILES string of the molecule is C=C1C=CC=[C]1[Ti+2][c]1[nH]c2ccccc2c1C(C)(C)C.[Cl-].[Cl-]. The Hall–Kier alpha value is -0.726. The minimum absolute atomic E-state index is 0. The van der Waals surface area contributed by atoms with Crippen LogP contribution in [0.25, 0.3) is 10.9 Å². The third-order valence-corrected chi connectivity index (χ3v) is 5.78. The maximum atomic E-state index is 4.14. The summed E-state index contributed by atoms with van der Waals surface area (Å²) in [6.07, 6.45) is 6.44. The van der Waals surface area contributed by atoms with Crippen molar-refractivity contribution in [3.63, 3.8) is 0 Å². The van der Waals surface area contributed by atoms with Gasteiger partial charge in [0.05, 0.1) is 0 Å². The van der Waals surface area contributed by atoms with Gasteiger partial charge in [-0.15, -0.1) is 0 Å². The molecule has 0 fully saturated rings. The number of rotatable bonds is 2. The van der Waals surface area contributed by atoms with Gasteiger partial charge >= 0.3 is 129 Å². The zero-order valence-corrected chi connectivity index (χ0v) is 16.1. The molecule has 1 nitrogen and oxygen atoms in total. The zero-order valence-electron chi connectivity index (χ0n) is 13.0. The number of allylic oxidation sites excluding steroid dienone is 5. The summed E-state index contributed by atoms with van der Waals surface area (Å²) in [6, 6.07) is 8.64. The minimum atomic E-state index is -0.364. The molecule has 0 spiro atoms. The topological polar surface area (TPSA) is 15.8 Å². The van der Waals surface area contributed by atoms with Crippen molar-refractivity contribution < 1.29 is 44.0 Å². The summed E-state index contributed by atoms with van der Waals surface area (Å²) in [5.41, 5.74) is 4.08. The molecule has 0 saturated carbocycles. The summed E-state index contributed by atoms with van der Waals surface area (Å²) >= 11 is -0.364. The van der Waals surface area contributed by atoms with Crippen LogP contribution in [-0.4, -0.2) is 4.98 Å². The van der Waals surface area contributed by atoms with Crippen LogP contribution >= 0.6 is 0 Å². The monoisotopic (exact) mass is 367 g/mol. The van der Waals surface area contributed by atoms with Crippen molar-refractivity contribution in [3.8, 4) is 0 Å². The number of hydrogen-bond acceptors (Lipinski definition) is 0. The number of benzene rings is 1. The molecular weight excluding hydrogens is 349 g/mol. The first-order valence-electron chi connectivity index (χ1n) is 6.92. The molecule has 0 unspecified atom stereocenters. The van der Waals surface area contributed by atoms with E-state index in [0.29, 0.717) is 0 Å². The Morgan fingerprint density at radius 2 is 1.77 bits per heavy atom. The number of hydrogen-bond donors (Lipinski definition) is 1. The Labute approximate surface area is 153 Å². The molecule has 4 heteroatoms. The van der Waals surface area contributed by atoms with E-state index < -0.39 is 0 Å². The van der Waals surface area contributed by atoms with Crippen LogP contribution in [0.1, 0.15) is 26.3 Å². The van der Waals surface area contributed by atoms with Crippen LogP contribution in [0, 0.1) is 0 Å². The fraction of sp³-hybridized carbons (Fsp3) is 0.222. The summed E-state index contributed by atoms with van der Waals surface area (Å²) in [5, 5.41) is 1.37. The number of fused-ring (bicyclic) bond motifs is 1. The van der Waals surface area contributed by atoms with E-state index in [1.54, 1.807) is 0 Å². The van der Waals surface area contributed by atoms with E-state index >= 15 is 0 Å². The fourth-order valence-electron chi connectivity index (χ4n) is 2.73. The largest absolute Gasteiger partial charge is 1.00 e. The summed E-state index contributed by atoms with van der Waals surface area (Å²) in [7, 11) is 0. The van der Waals surface area contributed by atoms with E-state index in [9.17, 15) is 0 Å². The van der Waals surface area contributed by atoms with Gasteiger partial charge < -0.3 is 24.8 Å². The maximum Gasteiger partial charge on any atom is -1.00 e. The van der Waals surface area contributed by atoms with Crippen molar-refractivity contribution in [1.82, 2.24) is 4.98 Å². The van der Waals surface area contributed by atoms with E-state index in [1.807, 2.05) is 0 Å². The van der Waals surface area contributed by atoms with Crippen molar-refractivity contribution in [1.29, 1.82) is 0 Å². The zero-order chi connectivity index (χ0) is 14.3. The number of H-pyrrole nitrogens is 1. The number of aromatic nitrogens is 1. The number of aromatic amines is 1. The van der Waals surface area contributed by atoms with Gasteiger partial charge in [-0.05, 0) is 0 Å². The minimum Gasteiger partial charge on any atom is -1.00 e. The Bertz CT molecular complexity index is 748. The molecule has 1 aliphatic rings. The first-order chi connectivity index (χ1) is 9.47. The molecule has 1 heterocycles. The van der Waals surface area contributed by atoms with Gasteiger partial charge in [-0.1, -0.05) is 0 Å². The molecule has 114 valence electrons. The molecule has 3 rings (SSSR count). The quantitative estimate of drug-likeness (QED) is 0.602. The third kappa shape index (κ3) is 3.60.